The first-order valence-electron chi connectivity index (χ1n) is 3.15. The van der Waals surface area contributed by atoms with Gasteiger partial charge in [0.1, 0.15) is 6.73 Å². The van der Waals surface area contributed by atoms with Crippen LogP contribution in [0.1, 0.15) is 0 Å². The van der Waals surface area contributed by atoms with Crippen LogP contribution in [0.15, 0.2) is 35.2 Å². The Labute approximate surface area is 67.8 Å². The second-order valence-electron chi connectivity index (χ2n) is 1.83. The van der Waals surface area contributed by atoms with E-state index in [2.05, 4.69) is 4.18 Å². The highest BCUT2D eigenvalue weighted by molar-refractivity contribution is 7.80. The van der Waals surface area contributed by atoms with Crippen molar-refractivity contribution in [1.29, 1.82) is 0 Å². The lowest BCUT2D eigenvalue weighted by atomic mass is 10.4. The Hall–Kier alpha value is -0.710. The second kappa shape index (κ2) is 4.23. The van der Waals surface area contributed by atoms with Gasteiger partial charge in [-0.1, -0.05) is 18.2 Å². The van der Waals surface area contributed by atoms with Gasteiger partial charge in [0.25, 0.3) is 0 Å². The third-order valence-corrected chi connectivity index (χ3v) is 2.12. The van der Waals surface area contributed by atoms with Gasteiger partial charge < -0.3 is 5.73 Å². The van der Waals surface area contributed by atoms with E-state index in [4.69, 9.17) is 5.73 Å². The van der Waals surface area contributed by atoms with Gasteiger partial charge in [-0.05, 0) is 12.1 Å². The summed E-state index contributed by atoms with van der Waals surface area (Å²) in [5.41, 5.74) is 5.05. The van der Waals surface area contributed by atoms with Gasteiger partial charge in [0.15, 0.2) is 11.1 Å². The Morgan fingerprint density at radius 3 is 2.55 bits per heavy atom. The van der Waals surface area contributed by atoms with Gasteiger partial charge in [0.05, 0.1) is 4.90 Å². The largest absolute Gasteiger partial charge is 0.308 e. The second-order valence-corrected chi connectivity index (χ2v) is 3.01. The lowest BCUT2D eigenvalue weighted by Gasteiger charge is -1.98. The molecule has 1 unspecified atom stereocenters. The summed E-state index contributed by atoms with van der Waals surface area (Å²) in [4.78, 5) is 0.637. The molecular weight excluding hydrogens is 162 g/mol. The van der Waals surface area contributed by atoms with Crippen molar-refractivity contribution in [2.45, 2.75) is 4.90 Å². The third-order valence-electron chi connectivity index (χ3n) is 1.11. The Morgan fingerprint density at radius 2 is 2.00 bits per heavy atom. The Bertz CT molecular complexity index is 237. The van der Waals surface area contributed by atoms with Crippen molar-refractivity contribution >= 4 is 11.1 Å². The minimum Gasteiger partial charge on any atom is -0.308 e. The third kappa shape index (κ3) is 2.42. The van der Waals surface area contributed by atoms with E-state index < -0.39 is 11.1 Å². The summed E-state index contributed by atoms with van der Waals surface area (Å²) in [5.74, 6) is 0. The van der Waals surface area contributed by atoms with E-state index in [1.165, 1.54) is 0 Å². The van der Waals surface area contributed by atoms with Crippen LogP contribution in [0.5, 0.6) is 0 Å². The molecule has 0 heterocycles. The van der Waals surface area contributed by atoms with E-state index in [0.29, 0.717) is 4.90 Å². The Morgan fingerprint density at radius 1 is 1.36 bits per heavy atom. The molecule has 0 spiro atoms. The molecule has 11 heavy (non-hydrogen) atoms. The van der Waals surface area contributed by atoms with Crippen molar-refractivity contribution in [3.63, 3.8) is 0 Å². The summed E-state index contributed by atoms with van der Waals surface area (Å²) in [6.45, 7) is -0.0263. The van der Waals surface area contributed by atoms with E-state index in [1.54, 1.807) is 24.3 Å². The Balaban J connectivity index is 2.69. The molecule has 60 valence electrons. The molecule has 1 aromatic carbocycles. The van der Waals surface area contributed by atoms with E-state index in [0.717, 1.165) is 0 Å². The van der Waals surface area contributed by atoms with Gasteiger partial charge in [-0.25, -0.2) is 4.21 Å². The molecule has 0 aromatic heterocycles. The number of hydrogen-bond donors (Lipinski definition) is 1. The van der Waals surface area contributed by atoms with Crippen molar-refractivity contribution in [1.82, 2.24) is 0 Å². The molecule has 1 atom stereocenters. The highest BCUT2D eigenvalue weighted by atomic mass is 32.2. The fraction of sp³-hybridized carbons (Fsp3) is 0.143. The molecule has 0 saturated carbocycles. The summed E-state index contributed by atoms with van der Waals surface area (Å²) < 4.78 is 15.7. The van der Waals surface area contributed by atoms with Crippen molar-refractivity contribution in [3.8, 4) is 0 Å². The van der Waals surface area contributed by atoms with Gasteiger partial charge in [0.2, 0.25) is 0 Å². The van der Waals surface area contributed by atoms with Gasteiger partial charge in [0, 0.05) is 0 Å². The number of rotatable bonds is 3. The van der Waals surface area contributed by atoms with Crippen LogP contribution in [0, 0.1) is 0 Å². The SMILES string of the molecule is NCOS(=O)c1ccccc1. The molecule has 1 aromatic rings. The number of hydrogen-bond acceptors (Lipinski definition) is 3. The van der Waals surface area contributed by atoms with Crippen molar-refractivity contribution < 1.29 is 8.39 Å². The van der Waals surface area contributed by atoms with Gasteiger partial charge in [-0.15, -0.1) is 0 Å². The molecule has 0 aliphatic rings. The first kappa shape index (κ1) is 8.39. The van der Waals surface area contributed by atoms with Gasteiger partial charge >= 0.3 is 0 Å². The minimum absolute atomic E-state index is 0.0263. The smallest absolute Gasteiger partial charge is 0.190 e. The van der Waals surface area contributed by atoms with Crippen LogP contribution < -0.4 is 5.73 Å². The minimum atomic E-state index is -1.41. The lowest BCUT2D eigenvalue weighted by molar-refractivity contribution is 0.360. The molecule has 0 fully saturated rings. The normalized spacial score (nSPS) is 12.8. The Kier molecular flexibility index (Phi) is 3.22. The van der Waals surface area contributed by atoms with Crippen molar-refractivity contribution in [3.05, 3.63) is 30.3 Å². The van der Waals surface area contributed by atoms with E-state index in [9.17, 15) is 4.21 Å². The van der Waals surface area contributed by atoms with Gasteiger partial charge in [-0.3, -0.25) is 4.18 Å². The predicted octanol–water partition coefficient (Wildman–Crippen LogP) is 0.642. The monoisotopic (exact) mass is 171 g/mol. The first-order chi connectivity index (χ1) is 5.34. The zero-order chi connectivity index (χ0) is 8.10. The van der Waals surface area contributed by atoms with Crippen LogP contribution >= 0.6 is 0 Å². The highest BCUT2D eigenvalue weighted by Gasteiger charge is 2.00. The summed E-state index contributed by atoms with van der Waals surface area (Å²) in [5, 5.41) is 0. The van der Waals surface area contributed by atoms with Crippen LogP contribution in [0.4, 0.5) is 0 Å². The van der Waals surface area contributed by atoms with Crippen LogP contribution in [0.3, 0.4) is 0 Å². The van der Waals surface area contributed by atoms with E-state index in [-0.39, 0.29) is 6.73 Å². The molecular formula is C7H9NO2S. The summed E-state index contributed by atoms with van der Waals surface area (Å²) in [6.07, 6.45) is 0. The van der Waals surface area contributed by atoms with Crippen LogP contribution in [0.25, 0.3) is 0 Å². The average Bonchev–Trinajstić information content (AvgIpc) is 2.07. The molecule has 0 bridgehead atoms. The van der Waals surface area contributed by atoms with Crippen LogP contribution in [-0.2, 0) is 15.3 Å². The number of nitrogens with two attached hydrogens (primary N) is 1. The quantitative estimate of drug-likeness (QED) is 0.679. The molecule has 0 amide bonds. The molecule has 0 aliphatic heterocycles. The van der Waals surface area contributed by atoms with Gasteiger partial charge in [-0.2, -0.15) is 0 Å². The molecule has 1 rings (SSSR count). The zero-order valence-electron chi connectivity index (χ0n) is 5.90. The summed E-state index contributed by atoms with van der Waals surface area (Å²) in [6, 6.07) is 8.90. The van der Waals surface area contributed by atoms with E-state index in [1.807, 2.05) is 6.07 Å². The lowest BCUT2D eigenvalue weighted by Crippen LogP contribution is -2.06. The molecule has 2 N–H and O–H groups in total. The topological polar surface area (TPSA) is 52.3 Å². The number of benzene rings is 1. The maximum Gasteiger partial charge on any atom is 0.190 e. The molecule has 4 heteroatoms. The first-order valence-corrected chi connectivity index (χ1v) is 4.22. The highest BCUT2D eigenvalue weighted by Crippen LogP contribution is 2.04. The van der Waals surface area contributed by atoms with Crippen LogP contribution in [-0.4, -0.2) is 10.9 Å². The zero-order valence-corrected chi connectivity index (χ0v) is 6.71. The average molecular weight is 171 g/mol. The maximum atomic E-state index is 11.1. The summed E-state index contributed by atoms with van der Waals surface area (Å²) >= 11 is -1.41. The maximum absolute atomic E-state index is 11.1. The molecule has 0 saturated heterocycles. The molecule has 0 radical (unpaired) electrons. The van der Waals surface area contributed by atoms with E-state index >= 15 is 0 Å². The van der Waals surface area contributed by atoms with Crippen molar-refractivity contribution in [2.24, 2.45) is 5.73 Å². The van der Waals surface area contributed by atoms with Crippen molar-refractivity contribution in [2.75, 3.05) is 6.73 Å². The predicted molar refractivity (Wildman–Crippen MR) is 43.0 cm³/mol. The molecule has 3 nitrogen and oxygen atoms in total. The molecule has 0 aliphatic carbocycles. The summed E-state index contributed by atoms with van der Waals surface area (Å²) in [7, 11) is 0. The fourth-order valence-electron chi connectivity index (χ4n) is 0.661. The fourth-order valence-corrected chi connectivity index (χ4v) is 1.30. The van der Waals surface area contributed by atoms with Crippen LogP contribution in [0.2, 0.25) is 0 Å². The standard InChI is InChI=1S/C7H9NO2S/c8-6-10-11(9)7-4-2-1-3-5-7/h1-5H,6,8H2.